The molecule has 100 valence electrons. The van der Waals surface area contributed by atoms with Gasteiger partial charge in [0.2, 0.25) is 11.8 Å². The van der Waals surface area contributed by atoms with Crippen molar-refractivity contribution in [3.05, 3.63) is 0 Å². The molecule has 0 bridgehead atoms. The van der Waals surface area contributed by atoms with E-state index in [9.17, 15) is 14.4 Å². The third-order valence-corrected chi connectivity index (χ3v) is 3.37. The Labute approximate surface area is 105 Å². The predicted octanol–water partition coefficient (Wildman–Crippen LogP) is 0.119. The van der Waals surface area contributed by atoms with E-state index in [0.717, 1.165) is 12.8 Å². The second-order valence-corrected chi connectivity index (χ2v) is 4.94. The van der Waals surface area contributed by atoms with Crippen LogP contribution < -0.4 is 5.32 Å². The van der Waals surface area contributed by atoms with Gasteiger partial charge in [0.25, 0.3) is 0 Å². The molecule has 6 heteroatoms. The van der Waals surface area contributed by atoms with Gasteiger partial charge in [-0.1, -0.05) is 13.3 Å². The number of imide groups is 1. The van der Waals surface area contributed by atoms with Crippen molar-refractivity contribution in [1.82, 2.24) is 10.2 Å². The van der Waals surface area contributed by atoms with E-state index in [1.807, 2.05) is 6.92 Å². The van der Waals surface area contributed by atoms with Gasteiger partial charge in [-0.3, -0.25) is 24.6 Å². The first kappa shape index (κ1) is 13.0. The van der Waals surface area contributed by atoms with Gasteiger partial charge < -0.3 is 5.11 Å². The fraction of sp³-hybridized carbons (Fsp3) is 0.750. The van der Waals surface area contributed by atoms with E-state index in [4.69, 9.17) is 5.11 Å². The summed E-state index contributed by atoms with van der Waals surface area (Å²) in [6.45, 7) is 1.88. The molecule has 0 spiro atoms. The lowest BCUT2D eigenvalue weighted by Gasteiger charge is -2.18. The van der Waals surface area contributed by atoms with Crippen LogP contribution in [0.3, 0.4) is 0 Å². The van der Waals surface area contributed by atoms with Crippen LogP contribution >= 0.6 is 0 Å². The lowest BCUT2D eigenvalue weighted by Crippen LogP contribution is -2.47. The summed E-state index contributed by atoms with van der Waals surface area (Å²) in [4.78, 5) is 36.0. The summed E-state index contributed by atoms with van der Waals surface area (Å²) in [5, 5.41) is 11.8. The van der Waals surface area contributed by atoms with Gasteiger partial charge in [-0.25, -0.2) is 0 Å². The minimum atomic E-state index is -0.970. The monoisotopic (exact) mass is 254 g/mol. The molecule has 1 heterocycles. The fourth-order valence-corrected chi connectivity index (χ4v) is 2.31. The van der Waals surface area contributed by atoms with Gasteiger partial charge in [-0.2, -0.15) is 0 Å². The highest BCUT2D eigenvalue weighted by Gasteiger charge is 2.46. The third-order valence-electron chi connectivity index (χ3n) is 3.37. The Bertz CT molecular complexity index is 378. The molecular formula is C12H18N2O4. The fourth-order valence-electron chi connectivity index (χ4n) is 2.31. The summed E-state index contributed by atoms with van der Waals surface area (Å²) in [6, 6.07) is -1.35. The Balaban J connectivity index is 1.99. The van der Waals surface area contributed by atoms with E-state index in [2.05, 4.69) is 5.32 Å². The lowest BCUT2D eigenvalue weighted by molar-refractivity contribution is -0.140. The van der Waals surface area contributed by atoms with Gasteiger partial charge in [0.1, 0.15) is 6.04 Å². The van der Waals surface area contributed by atoms with Crippen LogP contribution in [0, 0.1) is 0 Å². The quantitative estimate of drug-likeness (QED) is 0.657. The number of nitrogens with zero attached hydrogens (tertiary/aromatic N) is 1. The summed E-state index contributed by atoms with van der Waals surface area (Å²) in [7, 11) is 0. The van der Waals surface area contributed by atoms with Crippen molar-refractivity contribution in [1.29, 1.82) is 0 Å². The van der Waals surface area contributed by atoms with E-state index >= 15 is 0 Å². The van der Waals surface area contributed by atoms with Gasteiger partial charge in [0, 0.05) is 6.04 Å². The number of amides is 2. The molecule has 2 aliphatic rings. The van der Waals surface area contributed by atoms with Gasteiger partial charge >= 0.3 is 5.97 Å². The molecule has 1 aliphatic carbocycles. The zero-order valence-corrected chi connectivity index (χ0v) is 10.4. The molecule has 0 aromatic heterocycles. The van der Waals surface area contributed by atoms with E-state index in [0.29, 0.717) is 12.8 Å². The third kappa shape index (κ3) is 2.53. The van der Waals surface area contributed by atoms with Crippen LogP contribution in [0.15, 0.2) is 0 Å². The highest BCUT2D eigenvalue weighted by atomic mass is 16.4. The molecule has 2 amide bonds. The van der Waals surface area contributed by atoms with Crippen LogP contribution in [0.25, 0.3) is 0 Å². The van der Waals surface area contributed by atoms with Gasteiger partial charge in [0.15, 0.2) is 0 Å². The number of carboxylic acids is 1. The minimum absolute atomic E-state index is 0.0613. The average Bonchev–Trinajstić information content (AvgIpc) is 3.07. The first-order chi connectivity index (χ1) is 8.54. The highest BCUT2D eigenvalue weighted by Crippen LogP contribution is 2.31. The largest absolute Gasteiger partial charge is 0.480 e. The molecule has 1 saturated carbocycles. The van der Waals surface area contributed by atoms with Crippen LogP contribution in [0.1, 0.15) is 39.0 Å². The van der Waals surface area contributed by atoms with Crippen LogP contribution in [0.2, 0.25) is 0 Å². The topological polar surface area (TPSA) is 86.7 Å². The van der Waals surface area contributed by atoms with Gasteiger partial charge in [-0.15, -0.1) is 0 Å². The van der Waals surface area contributed by atoms with Crippen molar-refractivity contribution in [3.63, 3.8) is 0 Å². The lowest BCUT2D eigenvalue weighted by atomic mass is 10.1. The van der Waals surface area contributed by atoms with Gasteiger partial charge in [0.05, 0.1) is 12.5 Å². The number of carboxylic acid groups (broad SMARTS) is 1. The molecule has 1 aliphatic heterocycles. The van der Waals surface area contributed by atoms with Crippen molar-refractivity contribution in [2.75, 3.05) is 0 Å². The molecule has 6 nitrogen and oxygen atoms in total. The van der Waals surface area contributed by atoms with Crippen molar-refractivity contribution >= 4 is 17.8 Å². The van der Waals surface area contributed by atoms with Crippen LogP contribution in [-0.2, 0) is 14.4 Å². The number of aliphatic carboxylic acids is 1. The van der Waals surface area contributed by atoms with Crippen molar-refractivity contribution < 1.29 is 19.5 Å². The molecule has 2 N–H and O–H groups in total. The summed E-state index contributed by atoms with van der Waals surface area (Å²) in [6.07, 6.45) is 3.01. The smallest absolute Gasteiger partial charge is 0.320 e. The number of rotatable bonds is 6. The maximum Gasteiger partial charge on any atom is 0.320 e. The molecule has 2 fully saturated rings. The molecule has 0 aromatic carbocycles. The zero-order valence-electron chi connectivity index (χ0n) is 10.4. The number of likely N-dealkylation sites (tertiary alicyclic amines) is 1. The molecular weight excluding hydrogens is 236 g/mol. The maximum atomic E-state index is 12.0. The predicted molar refractivity (Wildman–Crippen MR) is 62.7 cm³/mol. The number of nitrogens with one attached hydrogen (secondary N) is 1. The molecule has 0 aromatic rings. The Hall–Kier alpha value is -1.43. The average molecular weight is 254 g/mol. The number of hydrogen-bond donors (Lipinski definition) is 2. The summed E-state index contributed by atoms with van der Waals surface area (Å²) < 4.78 is 0. The SMILES string of the molecule is CCCC(NC1CC(=O)N(C2CC2)C1=O)C(=O)O. The Kier molecular flexibility index (Phi) is 3.65. The first-order valence-electron chi connectivity index (χ1n) is 6.39. The standard InChI is InChI=1S/C12H18N2O4/c1-2-3-8(12(17)18)13-9-6-10(15)14(11(9)16)7-4-5-7/h7-9,13H,2-6H2,1H3,(H,17,18). The second kappa shape index (κ2) is 5.06. The molecule has 2 atom stereocenters. The minimum Gasteiger partial charge on any atom is -0.480 e. The van der Waals surface area contributed by atoms with Crippen molar-refractivity contribution in [2.45, 2.75) is 57.2 Å². The second-order valence-electron chi connectivity index (χ2n) is 4.94. The summed E-state index contributed by atoms with van der Waals surface area (Å²) >= 11 is 0. The summed E-state index contributed by atoms with van der Waals surface area (Å²) in [5.74, 6) is -1.41. The number of carbonyl (C=O) groups is 3. The number of carbonyl (C=O) groups excluding carboxylic acids is 2. The van der Waals surface area contributed by atoms with Crippen LogP contribution in [0.5, 0.6) is 0 Å². The van der Waals surface area contributed by atoms with E-state index in [1.165, 1.54) is 4.90 Å². The molecule has 0 radical (unpaired) electrons. The Morgan fingerprint density at radius 1 is 1.50 bits per heavy atom. The normalized spacial score (nSPS) is 25.6. The maximum absolute atomic E-state index is 12.0. The molecule has 2 rings (SSSR count). The number of hydrogen-bond acceptors (Lipinski definition) is 4. The first-order valence-corrected chi connectivity index (χ1v) is 6.39. The Morgan fingerprint density at radius 2 is 2.17 bits per heavy atom. The van der Waals surface area contributed by atoms with E-state index in [-0.39, 0.29) is 24.3 Å². The van der Waals surface area contributed by atoms with Crippen LogP contribution in [-0.4, -0.2) is 45.9 Å². The summed E-state index contributed by atoms with van der Waals surface area (Å²) in [5.41, 5.74) is 0. The molecule has 18 heavy (non-hydrogen) atoms. The molecule has 2 unspecified atom stereocenters. The zero-order chi connectivity index (χ0) is 13.3. The van der Waals surface area contributed by atoms with Crippen molar-refractivity contribution in [2.24, 2.45) is 0 Å². The van der Waals surface area contributed by atoms with E-state index in [1.54, 1.807) is 0 Å². The highest BCUT2D eigenvalue weighted by molar-refractivity contribution is 6.06. The molecule has 1 saturated heterocycles. The van der Waals surface area contributed by atoms with Crippen molar-refractivity contribution in [3.8, 4) is 0 Å². The Morgan fingerprint density at radius 3 is 2.67 bits per heavy atom. The van der Waals surface area contributed by atoms with E-state index < -0.39 is 18.1 Å². The van der Waals surface area contributed by atoms with Gasteiger partial charge in [-0.05, 0) is 19.3 Å². The van der Waals surface area contributed by atoms with Crippen LogP contribution in [0.4, 0.5) is 0 Å².